The van der Waals surface area contributed by atoms with Gasteiger partial charge in [-0.2, -0.15) is 0 Å². The number of nitrogens with two attached hydrogens (primary N) is 1. The molecule has 2 atom stereocenters. The lowest BCUT2D eigenvalue weighted by Crippen LogP contribution is -2.58. The molecule has 0 radical (unpaired) electrons. The zero-order valence-corrected chi connectivity index (χ0v) is 13.6. The fourth-order valence-corrected chi connectivity index (χ4v) is 5.66. The Bertz CT molecular complexity index is 799. The minimum atomic E-state index is -0.431. The molecular weight excluding hydrogens is 305 g/mol. The molecule has 4 aliphatic rings. The molecule has 4 bridgehead atoms. The van der Waals surface area contributed by atoms with E-state index in [2.05, 4.69) is 4.90 Å². The third kappa shape index (κ3) is 2.10. The van der Waals surface area contributed by atoms with Gasteiger partial charge in [-0.05, 0) is 60.8 Å². The Morgan fingerprint density at radius 3 is 2.58 bits per heavy atom. The summed E-state index contributed by atoms with van der Waals surface area (Å²) in [5.74, 6) is 2.18. The van der Waals surface area contributed by atoms with E-state index in [-0.39, 0.29) is 5.82 Å². The first-order valence-corrected chi connectivity index (χ1v) is 8.89. The summed E-state index contributed by atoms with van der Waals surface area (Å²) in [7, 11) is 0. The SMILES string of the molecule is NC(=O)c1cc2cc(F)ccc2n1CC1[C@@H]2CC3C[C@@H]1CN(C3)C2. The lowest BCUT2D eigenvalue weighted by atomic mass is 9.62. The maximum atomic E-state index is 13.5. The van der Waals surface area contributed by atoms with E-state index < -0.39 is 5.91 Å². The van der Waals surface area contributed by atoms with E-state index in [0.29, 0.717) is 11.6 Å². The molecule has 4 fully saturated rings. The monoisotopic (exact) mass is 327 g/mol. The van der Waals surface area contributed by atoms with Crippen LogP contribution in [-0.4, -0.2) is 35.0 Å². The van der Waals surface area contributed by atoms with E-state index in [0.717, 1.165) is 35.2 Å². The van der Waals surface area contributed by atoms with Gasteiger partial charge in [-0.25, -0.2) is 4.39 Å². The number of carbonyl (C=O) groups excluding carboxylic acids is 1. The van der Waals surface area contributed by atoms with Crippen LogP contribution in [0.15, 0.2) is 24.3 Å². The summed E-state index contributed by atoms with van der Waals surface area (Å²) in [4.78, 5) is 14.5. The van der Waals surface area contributed by atoms with E-state index in [4.69, 9.17) is 5.73 Å². The maximum Gasteiger partial charge on any atom is 0.265 e. The highest BCUT2D eigenvalue weighted by molar-refractivity contribution is 5.97. The fraction of sp³-hybridized carbons (Fsp3) is 0.526. The quantitative estimate of drug-likeness (QED) is 0.941. The molecule has 3 aliphatic heterocycles. The van der Waals surface area contributed by atoms with Gasteiger partial charge in [0.2, 0.25) is 0 Å². The Morgan fingerprint density at radius 1 is 1.17 bits per heavy atom. The highest BCUT2D eigenvalue weighted by Gasteiger charge is 2.47. The van der Waals surface area contributed by atoms with Crippen LogP contribution in [0, 0.1) is 29.5 Å². The van der Waals surface area contributed by atoms with Gasteiger partial charge in [0.1, 0.15) is 11.5 Å². The molecule has 2 aromatic rings. The largest absolute Gasteiger partial charge is 0.364 e. The molecule has 1 amide bonds. The summed E-state index contributed by atoms with van der Waals surface area (Å²) < 4.78 is 15.6. The molecule has 1 aromatic heterocycles. The van der Waals surface area contributed by atoms with E-state index in [1.807, 2.05) is 4.57 Å². The van der Waals surface area contributed by atoms with Gasteiger partial charge in [-0.1, -0.05) is 0 Å². The van der Waals surface area contributed by atoms with Crippen LogP contribution in [0.1, 0.15) is 23.3 Å². The fourth-order valence-electron chi connectivity index (χ4n) is 5.66. The van der Waals surface area contributed by atoms with Crippen LogP contribution in [0.4, 0.5) is 4.39 Å². The first kappa shape index (κ1) is 14.5. The molecule has 126 valence electrons. The summed E-state index contributed by atoms with van der Waals surface area (Å²) in [6, 6.07) is 6.46. The number of piperidine rings is 3. The number of rotatable bonds is 3. The van der Waals surface area contributed by atoms with Crippen LogP contribution >= 0.6 is 0 Å². The average Bonchev–Trinajstić information content (AvgIpc) is 2.88. The van der Waals surface area contributed by atoms with Crippen molar-refractivity contribution in [2.45, 2.75) is 19.4 Å². The van der Waals surface area contributed by atoms with Crippen molar-refractivity contribution >= 4 is 16.8 Å². The number of aromatic nitrogens is 1. The highest BCUT2D eigenvalue weighted by Crippen LogP contribution is 2.48. The number of halogens is 1. The first-order valence-electron chi connectivity index (χ1n) is 8.89. The second-order valence-electron chi connectivity index (χ2n) is 7.95. The molecule has 1 saturated carbocycles. The van der Waals surface area contributed by atoms with E-state index in [1.54, 1.807) is 12.1 Å². The molecule has 2 N–H and O–H groups in total. The number of nitrogens with zero attached hydrogens (tertiary/aromatic N) is 2. The summed E-state index contributed by atoms with van der Waals surface area (Å²) >= 11 is 0. The number of benzene rings is 1. The zero-order chi connectivity index (χ0) is 16.4. The van der Waals surface area contributed by atoms with Crippen LogP contribution in [0.5, 0.6) is 0 Å². The smallest absolute Gasteiger partial charge is 0.265 e. The van der Waals surface area contributed by atoms with Crippen LogP contribution in [0.3, 0.4) is 0 Å². The van der Waals surface area contributed by atoms with Gasteiger partial charge in [-0.3, -0.25) is 4.79 Å². The molecule has 6 rings (SSSR count). The van der Waals surface area contributed by atoms with Gasteiger partial charge in [0.05, 0.1) is 0 Å². The number of carbonyl (C=O) groups is 1. The van der Waals surface area contributed by atoms with Crippen LogP contribution in [-0.2, 0) is 6.54 Å². The van der Waals surface area contributed by atoms with Crippen LogP contribution in [0.2, 0.25) is 0 Å². The molecule has 1 aliphatic carbocycles. The summed E-state index contributed by atoms with van der Waals surface area (Å²) in [5.41, 5.74) is 7.03. The Morgan fingerprint density at radius 2 is 1.92 bits per heavy atom. The van der Waals surface area contributed by atoms with Gasteiger partial charge in [0, 0.05) is 37.1 Å². The molecular formula is C19H22FN3O. The molecule has 24 heavy (non-hydrogen) atoms. The van der Waals surface area contributed by atoms with Gasteiger partial charge in [0.25, 0.3) is 5.91 Å². The van der Waals surface area contributed by atoms with Crippen molar-refractivity contribution in [1.82, 2.24) is 9.47 Å². The van der Waals surface area contributed by atoms with E-state index >= 15 is 0 Å². The minimum absolute atomic E-state index is 0.280. The van der Waals surface area contributed by atoms with Crippen LogP contribution < -0.4 is 5.73 Å². The second-order valence-corrected chi connectivity index (χ2v) is 7.95. The normalized spacial score (nSPS) is 34.1. The molecule has 3 saturated heterocycles. The summed E-state index contributed by atoms with van der Waals surface area (Å²) in [6.45, 7) is 4.48. The highest BCUT2D eigenvalue weighted by atomic mass is 19.1. The van der Waals surface area contributed by atoms with Crippen LogP contribution in [0.25, 0.3) is 10.9 Å². The van der Waals surface area contributed by atoms with Crippen molar-refractivity contribution in [3.63, 3.8) is 0 Å². The Labute approximate surface area is 140 Å². The predicted octanol–water partition coefficient (Wildman–Crippen LogP) is 2.47. The second kappa shape index (κ2) is 5.06. The standard InChI is InChI=1S/C19H22FN3O/c20-15-1-2-17-12(5-15)6-18(19(21)24)23(17)10-16-13-3-11-4-14(16)9-22(7-11)8-13/h1-2,5-6,11,13-14,16H,3-4,7-10H2,(H2,21,24)/t11?,13-,14-,16?/m1/s1. The van der Waals surface area contributed by atoms with Crippen molar-refractivity contribution in [2.24, 2.45) is 29.4 Å². The van der Waals surface area contributed by atoms with Gasteiger partial charge in [-0.15, -0.1) is 0 Å². The predicted molar refractivity (Wildman–Crippen MR) is 90.0 cm³/mol. The Balaban J connectivity index is 1.54. The average molecular weight is 327 g/mol. The number of primary amides is 1. The Kier molecular flexibility index (Phi) is 3.05. The van der Waals surface area contributed by atoms with Crippen molar-refractivity contribution in [1.29, 1.82) is 0 Å². The third-order valence-electron chi connectivity index (χ3n) is 6.49. The molecule has 4 heterocycles. The number of hydrogen-bond acceptors (Lipinski definition) is 2. The molecule has 0 spiro atoms. The minimum Gasteiger partial charge on any atom is -0.364 e. The molecule has 5 heteroatoms. The lowest BCUT2D eigenvalue weighted by molar-refractivity contribution is -0.0692. The van der Waals surface area contributed by atoms with Crippen molar-refractivity contribution in [2.75, 3.05) is 19.6 Å². The van der Waals surface area contributed by atoms with Crippen molar-refractivity contribution in [3.05, 3.63) is 35.8 Å². The topological polar surface area (TPSA) is 51.3 Å². The Hall–Kier alpha value is -1.88. The third-order valence-corrected chi connectivity index (χ3v) is 6.49. The first-order chi connectivity index (χ1) is 11.6. The van der Waals surface area contributed by atoms with Gasteiger partial charge < -0.3 is 15.2 Å². The number of amides is 1. The summed E-state index contributed by atoms with van der Waals surface area (Å²) in [5, 5.41) is 0.761. The zero-order valence-electron chi connectivity index (χ0n) is 13.6. The lowest BCUT2D eigenvalue weighted by Gasteiger charge is -2.56. The molecule has 1 aromatic carbocycles. The van der Waals surface area contributed by atoms with Gasteiger partial charge in [0.15, 0.2) is 0 Å². The van der Waals surface area contributed by atoms with Crippen molar-refractivity contribution < 1.29 is 9.18 Å². The number of hydrogen-bond donors (Lipinski definition) is 1. The summed E-state index contributed by atoms with van der Waals surface area (Å²) in [6.07, 6.45) is 2.63. The molecule has 0 unspecified atom stereocenters. The van der Waals surface area contributed by atoms with Crippen molar-refractivity contribution in [3.8, 4) is 0 Å². The van der Waals surface area contributed by atoms with E-state index in [1.165, 1.54) is 44.6 Å². The van der Waals surface area contributed by atoms with Gasteiger partial charge >= 0.3 is 0 Å². The molecule has 4 nitrogen and oxygen atoms in total. The maximum absolute atomic E-state index is 13.5. The number of fused-ring (bicyclic) bond motifs is 1. The van der Waals surface area contributed by atoms with E-state index in [9.17, 15) is 9.18 Å².